The van der Waals surface area contributed by atoms with Crippen LogP contribution in [0.25, 0.3) is 10.9 Å². The van der Waals surface area contributed by atoms with Crippen molar-refractivity contribution in [3.63, 3.8) is 0 Å². The molecular formula is C8H8N4O. The lowest BCUT2D eigenvalue weighted by atomic mass is 10.2. The van der Waals surface area contributed by atoms with Crippen LogP contribution < -0.4 is 17.0 Å². The SMILES string of the molecule is Nc1cc2nc[nH]c(=O)c2cc1N. The summed E-state index contributed by atoms with van der Waals surface area (Å²) in [6, 6.07) is 3.11. The van der Waals surface area contributed by atoms with Crippen molar-refractivity contribution in [1.29, 1.82) is 0 Å². The molecule has 1 heterocycles. The number of benzene rings is 1. The Bertz CT molecular complexity index is 517. The van der Waals surface area contributed by atoms with Crippen LogP contribution in [-0.4, -0.2) is 9.97 Å². The van der Waals surface area contributed by atoms with E-state index in [1.807, 2.05) is 0 Å². The van der Waals surface area contributed by atoms with Gasteiger partial charge in [-0.05, 0) is 12.1 Å². The highest BCUT2D eigenvalue weighted by molar-refractivity contribution is 5.87. The van der Waals surface area contributed by atoms with E-state index < -0.39 is 0 Å². The lowest BCUT2D eigenvalue weighted by molar-refractivity contribution is 1.17. The number of nitrogens with zero attached hydrogens (tertiary/aromatic N) is 1. The molecule has 0 aliphatic heterocycles. The summed E-state index contributed by atoms with van der Waals surface area (Å²) in [5, 5.41) is 0.453. The van der Waals surface area contributed by atoms with Crippen molar-refractivity contribution < 1.29 is 0 Å². The standard InChI is InChI=1S/C8H8N4O/c9-5-1-4-7(2-6(5)10)11-3-12-8(4)13/h1-3H,9-10H2,(H,11,12,13). The molecule has 2 aromatic rings. The first kappa shape index (κ1) is 7.60. The zero-order valence-corrected chi connectivity index (χ0v) is 6.74. The summed E-state index contributed by atoms with van der Waals surface area (Å²) in [7, 11) is 0. The molecule has 1 aromatic heterocycles. The van der Waals surface area contributed by atoms with Gasteiger partial charge in [-0.3, -0.25) is 4.79 Å². The molecule has 0 atom stereocenters. The average Bonchev–Trinajstić information content (AvgIpc) is 2.09. The Balaban J connectivity index is 2.97. The predicted octanol–water partition coefficient (Wildman–Crippen LogP) is 0.0875. The molecule has 0 saturated heterocycles. The van der Waals surface area contributed by atoms with Gasteiger partial charge < -0.3 is 16.5 Å². The van der Waals surface area contributed by atoms with Crippen LogP contribution in [0.2, 0.25) is 0 Å². The number of rotatable bonds is 0. The minimum absolute atomic E-state index is 0.211. The molecule has 0 fully saturated rings. The summed E-state index contributed by atoms with van der Waals surface area (Å²) in [6.45, 7) is 0. The zero-order valence-electron chi connectivity index (χ0n) is 6.74. The fraction of sp³-hybridized carbons (Fsp3) is 0. The Morgan fingerprint density at radius 2 is 1.92 bits per heavy atom. The van der Waals surface area contributed by atoms with Crippen LogP contribution in [0.1, 0.15) is 0 Å². The number of hydrogen-bond acceptors (Lipinski definition) is 4. The maximum Gasteiger partial charge on any atom is 0.258 e. The topological polar surface area (TPSA) is 97.8 Å². The number of nitrogens with one attached hydrogen (secondary N) is 1. The van der Waals surface area contributed by atoms with Crippen LogP contribution in [0.4, 0.5) is 11.4 Å². The summed E-state index contributed by atoms with van der Waals surface area (Å²) in [4.78, 5) is 17.7. The van der Waals surface area contributed by atoms with Crippen molar-refractivity contribution in [1.82, 2.24) is 9.97 Å². The van der Waals surface area contributed by atoms with Crippen molar-refractivity contribution in [3.05, 3.63) is 28.8 Å². The van der Waals surface area contributed by atoms with Gasteiger partial charge in [0.2, 0.25) is 0 Å². The summed E-state index contributed by atoms with van der Waals surface area (Å²) in [5.41, 5.74) is 12.3. The van der Waals surface area contributed by atoms with Gasteiger partial charge in [-0.15, -0.1) is 0 Å². The van der Waals surface area contributed by atoms with Gasteiger partial charge in [0.15, 0.2) is 0 Å². The number of fused-ring (bicyclic) bond motifs is 1. The van der Waals surface area contributed by atoms with E-state index >= 15 is 0 Å². The molecule has 0 saturated carbocycles. The monoisotopic (exact) mass is 176 g/mol. The first-order chi connectivity index (χ1) is 6.18. The fourth-order valence-electron chi connectivity index (χ4n) is 1.15. The number of H-pyrrole nitrogens is 1. The highest BCUT2D eigenvalue weighted by Crippen LogP contribution is 2.18. The Kier molecular flexibility index (Phi) is 1.45. The number of nitrogen functional groups attached to an aromatic ring is 2. The van der Waals surface area contributed by atoms with Gasteiger partial charge in [0.25, 0.3) is 5.56 Å². The minimum Gasteiger partial charge on any atom is -0.397 e. The summed E-state index contributed by atoms with van der Waals surface area (Å²) >= 11 is 0. The van der Waals surface area contributed by atoms with Gasteiger partial charge >= 0.3 is 0 Å². The van der Waals surface area contributed by atoms with Gasteiger partial charge in [-0.25, -0.2) is 4.98 Å². The van der Waals surface area contributed by atoms with E-state index in [1.165, 1.54) is 12.4 Å². The van der Waals surface area contributed by atoms with Crippen molar-refractivity contribution >= 4 is 22.3 Å². The van der Waals surface area contributed by atoms with E-state index in [0.29, 0.717) is 22.3 Å². The van der Waals surface area contributed by atoms with Crippen LogP contribution in [0, 0.1) is 0 Å². The van der Waals surface area contributed by atoms with E-state index in [9.17, 15) is 4.79 Å². The van der Waals surface area contributed by atoms with E-state index in [4.69, 9.17) is 11.5 Å². The lowest BCUT2D eigenvalue weighted by Gasteiger charge is -2.00. The molecule has 5 nitrogen and oxygen atoms in total. The van der Waals surface area contributed by atoms with Gasteiger partial charge in [0.05, 0.1) is 28.6 Å². The molecule has 2 rings (SSSR count). The van der Waals surface area contributed by atoms with Crippen molar-refractivity contribution in [3.8, 4) is 0 Å². The van der Waals surface area contributed by atoms with Crippen LogP contribution >= 0.6 is 0 Å². The molecule has 5 N–H and O–H groups in total. The highest BCUT2D eigenvalue weighted by atomic mass is 16.1. The molecule has 13 heavy (non-hydrogen) atoms. The largest absolute Gasteiger partial charge is 0.397 e. The summed E-state index contributed by atoms with van der Waals surface area (Å²) in [5.74, 6) is 0. The molecule has 0 aliphatic carbocycles. The molecule has 0 aliphatic rings. The fourth-order valence-corrected chi connectivity index (χ4v) is 1.15. The van der Waals surface area contributed by atoms with E-state index in [-0.39, 0.29) is 5.56 Å². The number of aromatic amines is 1. The van der Waals surface area contributed by atoms with Crippen LogP contribution in [0.5, 0.6) is 0 Å². The van der Waals surface area contributed by atoms with E-state index in [2.05, 4.69) is 9.97 Å². The second-order valence-corrected chi connectivity index (χ2v) is 2.73. The number of nitrogens with two attached hydrogens (primary N) is 2. The quantitative estimate of drug-likeness (QED) is 0.495. The van der Waals surface area contributed by atoms with Crippen LogP contribution in [0.3, 0.4) is 0 Å². The maximum absolute atomic E-state index is 11.3. The molecule has 0 amide bonds. The van der Waals surface area contributed by atoms with Gasteiger partial charge in [-0.1, -0.05) is 0 Å². The molecule has 66 valence electrons. The number of hydrogen-bond donors (Lipinski definition) is 3. The van der Waals surface area contributed by atoms with Gasteiger partial charge in [0.1, 0.15) is 0 Å². The number of aromatic nitrogens is 2. The number of anilines is 2. The van der Waals surface area contributed by atoms with Gasteiger partial charge in [-0.2, -0.15) is 0 Å². The van der Waals surface area contributed by atoms with Crippen molar-refractivity contribution in [2.75, 3.05) is 11.5 Å². The molecule has 5 heteroatoms. The Labute approximate surface area is 73.4 Å². The second-order valence-electron chi connectivity index (χ2n) is 2.73. The zero-order chi connectivity index (χ0) is 9.42. The molecular weight excluding hydrogens is 168 g/mol. The summed E-state index contributed by atoms with van der Waals surface area (Å²) in [6.07, 6.45) is 1.33. The Morgan fingerprint density at radius 3 is 2.69 bits per heavy atom. The minimum atomic E-state index is -0.211. The lowest BCUT2D eigenvalue weighted by Crippen LogP contribution is -2.07. The second kappa shape index (κ2) is 2.48. The molecule has 0 bridgehead atoms. The smallest absolute Gasteiger partial charge is 0.258 e. The normalized spacial score (nSPS) is 10.5. The first-order valence-corrected chi connectivity index (χ1v) is 3.71. The Hall–Kier alpha value is -2.04. The van der Waals surface area contributed by atoms with E-state index in [1.54, 1.807) is 6.07 Å². The van der Waals surface area contributed by atoms with Crippen LogP contribution in [0.15, 0.2) is 23.3 Å². The average molecular weight is 176 g/mol. The maximum atomic E-state index is 11.3. The van der Waals surface area contributed by atoms with Crippen LogP contribution in [-0.2, 0) is 0 Å². The predicted molar refractivity (Wildman–Crippen MR) is 51.2 cm³/mol. The third-order valence-corrected chi connectivity index (χ3v) is 1.85. The molecule has 0 spiro atoms. The van der Waals surface area contributed by atoms with Gasteiger partial charge in [0, 0.05) is 0 Å². The van der Waals surface area contributed by atoms with Crippen molar-refractivity contribution in [2.45, 2.75) is 0 Å². The van der Waals surface area contributed by atoms with Crippen molar-refractivity contribution in [2.24, 2.45) is 0 Å². The third-order valence-electron chi connectivity index (χ3n) is 1.85. The van der Waals surface area contributed by atoms with E-state index in [0.717, 1.165) is 0 Å². The first-order valence-electron chi connectivity index (χ1n) is 3.71. The molecule has 1 aromatic carbocycles. The third kappa shape index (κ3) is 1.10. The molecule has 0 radical (unpaired) electrons. The molecule has 0 unspecified atom stereocenters. The Morgan fingerprint density at radius 1 is 1.23 bits per heavy atom. The highest BCUT2D eigenvalue weighted by Gasteiger charge is 2.02. The summed E-state index contributed by atoms with van der Waals surface area (Å²) < 4.78 is 0.